The van der Waals surface area contributed by atoms with Crippen LogP contribution >= 0.6 is 0 Å². The van der Waals surface area contributed by atoms with Crippen molar-refractivity contribution in [1.82, 2.24) is 0 Å². The average Bonchev–Trinajstić information content (AvgIpc) is 2.23. The summed E-state index contributed by atoms with van der Waals surface area (Å²) in [7, 11) is 0. The Bertz CT molecular complexity index is 363. The van der Waals surface area contributed by atoms with E-state index in [1.807, 2.05) is 19.1 Å². The lowest BCUT2D eigenvalue weighted by Crippen LogP contribution is -1.93. The second kappa shape index (κ2) is 3.95. The van der Waals surface area contributed by atoms with Gasteiger partial charge in [-0.15, -0.1) is 0 Å². The van der Waals surface area contributed by atoms with Gasteiger partial charge >= 0.3 is 0 Å². The largest absolute Gasteiger partial charge is 0.207 e. The van der Waals surface area contributed by atoms with E-state index in [2.05, 4.69) is 6.08 Å². The first kappa shape index (κ1) is 9.45. The molecule has 0 aromatic heterocycles. The van der Waals surface area contributed by atoms with Crippen molar-refractivity contribution >= 4 is 5.57 Å². The molecule has 0 unspecified atom stereocenters. The van der Waals surface area contributed by atoms with E-state index in [1.54, 1.807) is 6.07 Å². The Morgan fingerprint density at radius 3 is 2.71 bits per heavy atom. The van der Waals surface area contributed by atoms with Gasteiger partial charge in [0, 0.05) is 0 Å². The van der Waals surface area contributed by atoms with Crippen LogP contribution in [-0.2, 0) is 0 Å². The minimum atomic E-state index is -0.106. The number of hydrogen-bond donors (Lipinski definition) is 0. The molecular weight excluding hydrogens is 175 g/mol. The first-order chi connectivity index (χ1) is 6.77. The van der Waals surface area contributed by atoms with Crippen LogP contribution in [-0.4, -0.2) is 0 Å². The monoisotopic (exact) mass is 190 g/mol. The second-order valence-corrected chi connectivity index (χ2v) is 3.94. The molecule has 74 valence electrons. The maximum Gasteiger partial charge on any atom is 0.126 e. The highest BCUT2D eigenvalue weighted by molar-refractivity contribution is 5.66. The second-order valence-electron chi connectivity index (χ2n) is 3.94. The zero-order valence-electron chi connectivity index (χ0n) is 8.52. The van der Waals surface area contributed by atoms with Crippen LogP contribution in [0.3, 0.4) is 0 Å². The summed E-state index contributed by atoms with van der Waals surface area (Å²) in [5.74, 6) is -0.106. The number of rotatable bonds is 1. The van der Waals surface area contributed by atoms with Crippen LogP contribution in [0.1, 0.15) is 36.8 Å². The normalized spacial score (nSPS) is 16.6. The highest BCUT2D eigenvalue weighted by atomic mass is 19.1. The molecule has 0 amide bonds. The predicted octanol–water partition coefficient (Wildman–Crippen LogP) is 4.09. The van der Waals surface area contributed by atoms with E-state index in [-0.39, 0.29) is 5.82 Å². The summed E-state index contributed by atoms with van der Waals surface area (Å²) in [4.78, 5) is 0. The topological polar surface area (TPSA) is 0 Å². The maximum atomic E-state index is 13.0. The van der Waals surface area contributed by atoms with Gasteiger partial charge in [0.2, 0.25) is 0 Å². The lowest BCUT2D eigenvalue weighted by molar-refractivity contribution is 0.618. The summed E-state index contributed by atoms with van der Waals surface area (Å²) in [6, 6.07) is 5.41. The summed E-state index contributed by atoms with van der Waals surface area (Å²) in [5.41, 5.74) is 3.33. The summed E-state index contributed by atoms with van der Waals surface area (Å²) in [6.07, 6.45) is 7.17. The van der Waals surface area contributed by atoms with Gasteiger partial charge in [0.05, 0.1) is 0 Å². The van der Waals surface area contributed by atoms with Crippen LogP contribution in [0.4, 0.5) is 4.39 Å². The molecular formula is C13H15F. The number of benzene rings is 1. The molecule has 1 aromatic carbocycles. The molecule has 1 aromatic rings. The summed E-state index contributed by atoms with van der Waals surface area (Å²) in [5, 5.41) is 0. The predicted molar refractivity (Wildman–Crippen MR) is 57.6 cm³/mol. The molecule has 14 heavy (non-hydrogen) atoms. The van der Waals surface area contributed by atoms with Gasteiger partial charge in [0.25, 0.3) is 0 Å². The van der Waals surface area contributed by atoms with Crippen molar-refractivity contribution in [3.63, 3.8) is 0 Å². The first-order valence-electron chi connectivity index (χ1n) is 5.23. The van der Waals surface area contributed by atoms with E-state index in [0.29, 0.717) is 0 Å². The van der Waals surface area contributed by atoms with Crippen molar-refractivity contribution in [2.45, 2.75) is 32.6 Å². The van der Waals surface area contributed by atoms with E-state index >= 15 is 0 Å². The Morgan fingerprint density at radius 2 is 2.07 bits per heavy atom. The highest BCUT2D eigenvalue weighted by Crippen LogP contribution is 2.27. The molecule has 0 atom stereocenters. The maximum absolute atomic E-state index is 13.0. The Kier molecular flexibility index (Phi) is 2.67. The van der Waals surface area contributed by atoms with Gasteiger partial charge in [0.1, 0.15) is 5.82 Å². The third kappa shape index (κ3) is 1.87. The first-order valence-corrected chi connectivity index (χ1v) is 5.23. The summed E-state index contributed by atoms with van der Waals surface area (Å²) >= 11 is 0. The van der Waals surface area contributed by atoms with Crippen LogP contribution in [0.5, 0.6) is 0 Å². The van der Waals surface area contributed by atoms with Gasteiger partial charge < -0.3 is 0 Å². The molecule has 0 nitrogen and oxygen atoms in total. The summed E-state index contributed by atoms with van der Waals surface area (Å²) < 4.78 is 13.0. The van der Waals surface area contributed by atoms with Crippen molar-refractivity contribution in [3.05, 3.63) is 41.2 Å². The third-order valence-electron chi connectivity index (χ3n) is 2.82. The summed E-state index contributed by atoms with van der Waals surface area (Å²) in [6.45, 7) is 1.82. The van der Waals surface area contributed by atoms with Gasteiger partial charge in [-0.25, -0.2) is 4.39 Å². The van der Waals surface area contributed by atoms with E-state index in [9.17, 15) is 4.39 Å². The number of aryl methyl sites for hydroxylation is 1. The van der Waals surface area contributed by atoms with Crippen molar-refractivity contribution in [3.8, 4) is 0 Å². The standard InChI is InChI=1S/C13H15F/c1-10-9-12(7-8-13(10)14)11-5-3-2-4-6-11/h5,7-9H,2-4,6H2,1H3. The number of allylic oxidation sites excluding steroid dienone is 2. The SMILES string of the molecule is Cc1cc(C2=CCCCC2)ccc1F. The molecule has 0 heterocycles. The van der Waals surface area contributed by atoms with Gasteiger partial charge in [-0.1, -0.05) is 12.1 Å². The van der Waals surface area contributed by atoms with Crippen LogP contribution in [0, 0.1) is 12.7 Å². The zero-order valence-corrected chi connectivity index (χ0v) is 8.52. The van der Waals surface area contributed by atoms with Gasteiger partial charge in [0.15, 0.2) is 0 Å². The Morgan fingerprint density at radius 1 is 1.21 bits per heavy atom. The molecule has 0 radical (unpaired) electrons. The van der Waals surface area contributed by atoms with E-state index in [4.69, 9.17) is 0 Å². The number of halogens is 1. The Hall–Kier alpha value is -1.11. The van der Waals surface area contributed by atoms with Crippen LogP contribution in [0.25, 0.3) is 5.57 Å². The smallest absolute Gasteiger partial charge is 0.126 e. The minimum Gasteiger partial charge on any atom is -0.207 e. The Balaban J connectivity index is 2.32. The molecule has 0 N–H and O–H groups in total. The Labute approximate surface area is 84.5 Å². The lowest BCUT2D eigenvalue weighted by Gasteiger charge is -2.13. The molecule has 0 fully saturated rings. The van der Waals surface area contributed by atoms with Crippen LogP contribution in [0.2, 0.25) is 0 Å². The van der Waals surface area contributed by atoms with Crippen LogP contribution in [0.15, 0.2) is 24.3 Å². The molecule has 0 aliphatic heterocycles. The fourth-order valence-corrected chi connectivity index (χ4v) is 1.94. The minimum absolute atomic E-state index is 0.106. The lowest BCUT2D eigenvalue weighted by atomic mass is 9.93. The van der Waals surface area contributed by atoms with Gasteiger partial charge in [-0.3, -0.25) is 0 Å². The molecule has 1 aliphatic carbocycles. The fourth-order valence-electron chi connectivity index (χ4n) is 1.94. The molecule has 1 aliphatic rings. The van der Waals surface area contributed by atoms with Crippen molar-refractivity contribution < 1.29 is 4.39 Å². The van der Waals surface area contributed by atoms with E-state index < -0.39 is 0 Å². The quantitative estimate of drug-likeness (QED) is 0.625. The van der Waals surface area contributed by atoms with Gasteiger partial charge in [-0.2, -0.15) is 0 Å². The molecule has 0 saturated carbocycles. The fraction of sp³-hybridized carbons (Fsp3) is 0.385. The van der Waals surface area contributed by atoms with Crippen LogP contribution < -0.4 is 0 Å². The third-order valence-corrected chi connectivity index (χ3v) is 2.82. The molecule has 0 spiro atoms. The molecule has 1 heteroatoms. The molecule has 2 rings (SSSR count). The molecule has 0 saturated heterocycles. The number of hydrogen-bond acceptors (Lipinski definition) is 0. The van der Waals surface area contributed by atoms with E-state index in [0.717, 1.165) is 12.0 Å². The highest BCUT2D eigenvalue weighted by Gasteiger charge is 2.07. The van der Waals surface area contributed by atoms with Crippen molar-refractivity contribution in [2.75, 3.05) is 0 Å². The van der Waals surface area contributed by atoms with Crippen molar-refractivity contribution in [2.24, 2.45) is 0 Å². The van der Waals surface area contributed by atoms with Crippen molar-refractivity contribution in [1.29, 1.82) is 0 Å². The average molecular weight is 190 g/mol. The van der Waals surface area contributed by atoms with E-state index in [1.165, 1.54) is 30.4 Å². The van der Waals surface area contributed by atoms with Gasteiger partial charge in [-0.05, 0) is 61.4 Å². The zero-order chi connectivity index (χ0) is 9.97. The molecule has 0 bridgehead atoms.